The highest BCUT2D eigenvalue weighted by Gasteiger charge is 2.21. The monoisotopic (exact) mass is 377 g/mol. The van der Waals surface area contributed by atoms with E-state index in [9.17, 15) is 20.0 Å². The molecule has 1 N–H and O–H groups in total. The van der Waals surface area contributed by atoms with Gasteiger partial charge in [0.05, 0.1) is 5.69 Å². The van der Waals surface area contributed by atoms with E-state index in [1.54, 1.807) is 24.3 Å². The van der Waals surface area contributed by atoms with E-state index in [-0.39, 0.29) is 11.1 Å². The van der Waals surface area contributed by atoms with Gasteiger partial charge in [0.15, 0.2) is 5.69 Å². The van der Waals surface area contributed by atoms with Crippen molar-refractivity contribution in [2.24, 2.45) is 0 Å². The normalized spacial score (nSPS) is 10.7. The second-order valence-corrected chi connectivity index (χ2v) is 5.93. The lowest BCUT2D eigenvalue weighted by atomic mass is 10.1. The van der Waals surface area contributed by atoms with Gasteiger partial charge in [-0.2, -0.15) is 15.0 Å². The number of carboxylic acid groups (broad SMARTS) is 1. The summed E-state index contributed by atoms with van der Waals surface area (Å²) in [6, 6.07) is 17.0. The molecule has 0 atom stereocenters. The molecule has 0 fully saturated rings. The molecule has 27 heavy (non-hydrogen) atoms. The van der Waals surface area contributed by atoms with E-state index in [4.69, 9.17) is 11.6 Å². The van der Waals surface area contributed by atoms with Crippen LogP contribution in [-0.4, -0.2) is 20.9 Å². The molecule has 0 aliphatic carbocycles. The first kappa shape index (κ1) is 18.1. The number of hydrogen-bond acceptors (Lipinski definition) is 4. The van der Waals surface area contributed by atoms with Crippen molar-refractivity contribution in [2.75, 3.05) is 0 Å². The molecule has 6 nitrogen and oxygen atoms in total. The van der Waals surface area contributed by atoms with Gasteiger partial charge < -0.3 is 5.11 Å². The summed E-state index contributed by atoms with van der Waals surface area (Å²) in [5, 5.41) is 23.4. The summed E-state index contributed by atoms with van der Waals surface area (Å²) < 4.78 is 0.887. The summed E-state index contributed by atoms with van der Waals surface area (Å²) >= 11 is 5.84. The first-order chi connectivity index (χ1) is 13.0. The predicted octanol–water partition coefficient (Wildman–Crippen LogP) is 3.63. The molecular formula is C20H12ClN3O3. The minimum atomic E-state index is -1.35. The first-order valence-corrected chi connectivity index (χ1v) is 8.19. The lowest BCUT2D eigenvalue weighted by Crippen LogP contribution is -2.28. The molecular weight excluding hydrogens is 366 g/mol. The molecule has 1 heterocycles. The standard InChI is InChI=1S/C20H12ClN3O3/c21-14-7-9-15(10-8-14)24-19(25)17(12-22)16(18(23-24)20(26)27)11-6-13-4-2-1-3-5-13/h1-11H,(H,26,27)/b11-6+. The highest BCUT2D eigenvalue weighted by molar-refractivity contribution is 6.30. The summed E-state index contributed by atoms with van der Waals surface area (Å²) in [6.07, 6.45) is 3.04. The van der Waals surface area contributed by atoms with E-state index in [1.807, 2.05) is 30.3 Å². The maximum absolute atomic E-state index is 12.7. The highest BCUT2D eigenvalue weighted by atomic mass is 35.5. The Balaban J connectivity index is 2.22. The van der Waals surface area contributed by atoms with Gasteiger partial charge in [-0.3, -0.25) is 4.79 Å². The fourth-order valence-electron chi connectivity index (χ4n) is 2.47. The zero-order valence-electron chi connectivity index (χ0n) is 13.8. The van der Waals surface area contributed by atoms with Crippen LogP contribution in [0, 0.1) is 11.3 Å². The second-order valence-electron chi connectivity index (χ2n) is 5.49. The van der Waals surface area contributed by atoms with Crippen LogP contribution in [0.1, 0.15) is 27.2 Å². The molecule has 132 valence electrons. The van der Waals surface area contributed by atoms with E-state index in [1.165, 1.54) is 18.2 Å². The lowest BCUT2D eigenvalue weighted by molar-refractivity contribution is 0.0688. The molecule has 0 bridgehead atoms. The average Bonchev–Trinajstić information content (AvgIpc) is 2.67. The van der Waals surface area contributed by atoms with Crippen LogP contribution in [0.25, 0.3) is 17.8 Å². The molecule has 0 amide bonds. The van der Waals surface area contributed by atoms with Crippen LogP contribution in [0.5, 0.6) is 0 Å². The molecule has 3 aromatic rings. The molecule has 0 unspecified atom stereocenters. The number of aromatic nitrogens is 2. The topological polar surface area (TPSA) is 96.0 Å². The minimum Gasteiger partial charge on any atom is -0.476 e. The third-order valence-corrected chi connectivity index (χ3v) is 4.01. The van der Waals surface area contributed by atoms with E-state index in [2.05, 4.69) is 5.10 Å². The molecule has 1 aromatic heterocycles. The molecule has 2 aromatic carbocycles. The zero-order valence-corrected chi connectivity index (χ0v) is 14.6. The van der Waals surface area contributed by atoms with Crippen molar-refractivity contribution in [1.82, 2.24) is 9.78 Å². The van der Waals surface area contributed by atoms with Gasteiger partial charge >= 0.3 is 5.97 Å². The quantitative estimate of drug-likeness (QED) is 0.749. The number of carbonyl (C=O) groups is 1. The van der Waals surface area contributed by atoms with Gasteiger partial charge in [-0.15, -0.1) is 0 Å². The second kappa shape index (κ2) is 7.68. The van der Waals surface area contributed by atoms with E-state index >= 15 is 0 Å². The third kappa shape index (κ3) is 3.78. The Morgan fingerprint density at radius 1 is 1.11 bits per heavy atom. The van der Waals surface area contributed by atoms with Crippen LogP contribution >= 0.6 is 11.6 Å². The summed E-state index contributed by atoms with van der Waals surface area (Å²) in [6.45, 7) is 0. The van der Waals surface area contributed by atoms with Gasteiger partial charge in [0.1, 0.15) is 11.6 Å². The number of aromatic carboxylic acids is 1. The predicted molar refractivity (Wildman–Crippen MR) is 102 cm³/mol. The Hall–Kier alpha value is -3.69. The Labute approximate surface area is 159 Å². The maximum Gasteiger partial charge on any atom is 0.357 e. The summed E-state index contributed by atoms with van der Waals surface area (Å²) in [4.78, 5) is 24.4. The number of nitrogens with zero attached hydrogens (tertiary/aromatic N) is 3. The maximum atomic E-state index is 12.7. The van der Waals surface area contributed by atoms with Crippen molar-refractivity contribution in [3.63, 3.8) is 0 Å². The molecule has 0 aliphatic heterocycles. The number of nitriles is 1. The van der Waals surface area contributed by atoms with Gasteiger partial charge in [0, 0.05) is 10.6 Å². The lowest BCUT2D eigenvalue weighted by Gasteiger charge is -2.09. The van der Waals surface area contributed by atoms with Crippen molar-refractivity contribution in [2.45, 2.75) is 0 Å². The van der Waals surface area contributed by atoms with Gasteiger partial charge in [-0.25, -0.2) is 4.79 Å². The summed E-state index contributed by atoms with van der Waals surface area (Å²) in [5.41, 5.74) is -0.346. The van der Waals surface area contributed by atoms with Gasteiger partial charge in [-0.05, 0) is 29.8 Å². The van der Waals surface area contributed by atoms with E-state index in [0.717, 1.165) is 10.2 Å². The van der Waals surface area contributed by atoms with Crippen LogP contribution in [0.15, 0.2) is 59.4 Å². The van der Waals surface area contributed by atoms with E-state index < -0.39 is 17.2 Å². The van der Waals surface area contributed by atoms with Gasteiger partial charge in [0.2, 0.25) is 0 Å². The van der Waals surface area contributed by atoms with Crippen molar-refractivity contribution >= 4 is 29.7 Å². The summed E-state index contributed by atoms with van der Waals surface area (Å²) in [7, 11) is 0. The highest BCUT2D eigenvalue weighted by Crippen LogP contribution is 2.17. The van der Waals surface area contributed by atoms with Crippen LogP contribution in [-0.2, 0) is 0 Å². The number of carboxylic acids is 1. The van der Waals surface area contributed by atoms with Gasteiger partial charge in [0.25, 0.3) is 5.56 Å². The molecule has 0 aliphatic rings. The minimum absolute atomic E-state index is 0.0379. The molecule has 0 spiro atoms. The molecule has 0 radical (unpaired) electrons. The summed E-state index contributed by atoms with van der Waals surface area (Å²) in [5.74, 6) is -1.35. The fraction of sp³-hybridized carbons (Fsp3) is 0. The number of hydrogen-bond donors (Lipinski definition) is 1. The van der Waals surface area contributed by atoms with Crippen molar-refractivity contribution in [1.29, 1.82) is 5.26 Å². The van der Waals surface area contributed by atoms with Crippen molar-refractivity contribution in [3.8, 4) is 11.8 Å². The largest absolute Gasteiger partial charge is 0.476 e. The van der Waals surface area contributed by atoms with Crippen molar-refractivity contribution in [3.05, 3.63) is 92.4 Å². The third-order valence-electron chi connectivity index (χ3n) is 3.76. The fourth-order valence-corrected chi connectivity index (χ4v) is 2.59. The van der Waals surface area contributed by atoms with Crippen LogP contribution in [0.2, 0.25) is 5.02 Å². The molecule has 0 saturated carbocycles. The Bertz CT molecular complexity index is 1130. The number of benzene rings is 2. The SMILES string of the molecule is N#Cc1c(/C=C/c2ccccc2)c(C(=O)O)nn(-c2ccc(Cl)cc2)c1=O. The zero-order chi connectivity index (χ0) is 19.4. The molecule has 3 rings (SSSR count). The smallest absolute Gasteiger partial charge is 0.357 e. The Morgan fingerprint density at radius 2 is 1.78 bits per heavy atom. The number of halogens is 1. The first-order valence-electron chi connectivity index (χ1n) is 7.81. The Morgan fingerprint density at radius 3 is 2.37 bits per heavy atom. The van der Waals surface area contributed by atoms with Crippen molar-refractivity contribution < 1.29 is 9.90 Å². The van der Waals surface area contributed by atoms with Gasteiger partial charge in [-0.1, -0.05) is 54.1 Å². The van der Waals surface area contributed by atoms with Crippen LogP contribution in [0.3, 0.4) is 0 Å². The van der Waals surface area contributed by atoms with E-state index in [0.29, 0.717) is 10.7 Å². The molecule has 0 saturated heterocycles. The van der Waals surface area contributed by atoms with Crippen LogP contribution in [0.4, 0.5) is 0 Å². The molecule has 7 heteroatoms. The van der Waals surface area contributed by atoms with Crippen LogP contribution < -0.4 is 5.56 Å². The average molecular weight is 378 g/mol. The Kier molecular flexibility index (Phi) is 5.15. The number of rotatable bonds is 4.